The molecule has 28 heavy (non-hydrogen) atoms. The molecule has 146 valence electrons. The molecular formula is C21H22ClN3O3. The number of ether oxygens (including phenoxy) is 2. The largest absolute Gasteiger partial charge is 0.493 e. The Morgan fingerprint density at radius 1 is 1.14 bits per heavy atom. The molecular weight excluding hydrogens is 378 g/mol. The second-order valence-electron chi connectivity index (χ2n) is 6.23. The molecule has 0 saturated carbocycles. The summed E-state index contributed by atoms with van der Waals surface area (Å²) in [6, 6.07) is 13.1. The van der Waals surface area contributed by atoms with Crippen molar-refractivity contribution in [2.24, 2.45) is 0 Å². The van der Waals surface area contributed by atoms with Gasteiger partial charge in [0.05, 0.1) is 37.4 Å². The third kappa shape index (κ3) is 4.28. The zero-order valence-electron chi connectivity index (χ0n) is 16.0. The smallest absolute Gasteiger partial charge is 0.254 e. The van der Waals surface area contributed by atoms with Crippen molar-refractivity contribution in [3.63, 3.8) is 0 Å². The van der Waals surface area contributed by atoms with Gasteiger partial charge in [-0.2, -0.15) is 5.10 Å². The molecule has 1 aromatic heterocycles. The normalized spacial score (nSPS) is 10.6. The van der Waals surface area contributed by atoms with Crippen LogP contribution in [-0.2, 0) is 6.42 Å². The van der Waals surface area contributed by atoms with Gasteiger partial charge in [-0.1, -0.05) is 23.7 Å². The van der Waals surface area contributed by atoms with Crippen LogP contribution in [0.2, 0.25) is 5.02 Å². The average Bonchev–Trinajstić information content (AvgIpc) is 3.09. The maximum atomic E-state index is 12.6. The van der Waals surface area contributed by atoms with Crippen molar-refractivity contribution in [1.82, 2.24) is 15.1 Å². The van der Waals surface area contributed by atoms with E-state index in [2.05, 4.69) is 10.4 Å². The molecule has 1 heterocycles. The SMILES string of the molecule is COc1ccc(CCNC(=O)c2cnn(-c3cccc(Cl)c3)c2C)cc1OC. The van der Waals surface area contributed by atoms with Gasteiger partial charge in [0.2, 0.25) is 0 Å². The van der Waals surface area contributed by atoms with Crippen LogP contribution in [0.5, 0.6) is 11.5 Å². The van der Waals surface area contributed by atoms with Crippen LogP contribution in [0.1, 0.15) is 21.6 Å². The Kier molecular flexibility index (Phi) is 6.21. The molecule has 3 aromatic rings. The first-order valence-corrected chi connectivity index (χ1v) is 9.21. The number of hydrogen-bond donors (Lipinski definition) is 1. The van der Waals surface area contributed by atoms with Gasteiger partial charge in [0.15, 0.2) is 11.5 Å². The van der Waals surface area contributed by atoms with Gasteiger partial charge in [-0.05, 0) is 49.2 Å². The summed E-state index contributed by atoms with van der Waals surface area (Å²) in [5.74, 6) is 1.19. The Bertz CT molecular complexity index is 985. The van der Waals surface area contributed by atoms with E-state index < -0.39 is 0 Å². The Morgan fingerprint density at radius 2 is 1.93 bits per heavy atom. The lowest BCUT2D eigenvalue weighted by Crippen LogP contribution is -2.26. The fourth-order valence-electron chi connectivity index (χ4n) is 2.95. The number of carbonyl (C=O) groups excluding carboxylic acids is 1. The third-order valence-corrected chi connectivity index (χ3v) is 4.69. The predicted molar refractivity (Wildman–Crippen MR) is 109 cm³/mol. The summed E-state index contributed by atoms with van der Waals surface area (Å²) in [5, 5.41) is 7.88. The fraction of sp³-hybridized carbons (Fsp3) is 0.238. The van der Waals surface area contributed by atoms with Crippen molar-refractivity contribution in [3.8, 4) is 17.2 Å². The zero-order valence-corrected chi connectivity index (χ0v) is 16.8. The maximum absolute atomic E-state index is 12.6. The van der Waals surface area contributed by atoms with Crippen molar-refractivity contribution in [1.29, 1.82) is 0 Å². The molecule has 1 amide bonds. The van der Waals surface area contributed by atoms with E-state index in [0.29, 0.717) is 35.1 Å². The number of methoxy groups -OCH3 is 2. The number of amides is 1. The second-order valence-corrected chi connectivity index (χ2v) is 6.67. The second kappa shape index (κ2) is 8.80. The molecule has 0 atom stereocenters. The molecule has 0 aliphatic carbocycles. The molecule has 0 aliphatic rings. The molecule has 0 bridgehead atoms. The highest BCUT2D eigenvalue weighted by Gasteiger charge is 2.15. The molecule has 0 saturated heterocycles. The predicted octanol–water partition coefficient (Wildman–Crippen LogP) is 3.82. The number of hydrogen-bond acceptors (Lipinski definition) is 4. The van der Waals surface area contributed by atoms with E-state index in [9.17, 15) is 4.79 Å². The summed E-state index contributed by atoms with van der Waals surface area (Å²) < 4.78 is 12.3. The molecule has 0 fully saturated rings. The van der Waals surface area contributed by atoms with E-state index in [-0.39, 0.29) is 5.91 Å². The van der Waals surface area contributed by atoms with Gasteiger partial charge >= 0.3 is 0 Å². The first-order chi connectivity index (χ1) is 13.5. The average molecular weight is 400 g/mol. The lowest BCUT2D eigenvalue weighted by atomic mass is 10.1. The Balaban J connectivity index is 1.64. The van der Waals surface area contributed by atoms with E-state index in [1.54, 1.807) is 37.2 Å². The van der Waals surface area contributed by atoms with E-state index in [0.717, 1.165) is 16.9 Å². The van der Waals surface area contributed by atoms with Crippen molar-refractivity contribution in [2.45, 2.75) is 13.3 Å². The van der Waals surface area contributed by atoms with Crippen LogP contribution < -0.4 is 14.8 Å². The summed E-state index contributed by atoms with van der Waals surface area (Å²) in [6.07, 6.45) is 2.25. The van der Waals surface area contributed by atoms with Gasteiger partial charge in [-0.25, -0.2) is 4.68 Å². The van der Waals surface area contributed by atoms with Crippen molar-refractivity contribution in [2.75, 3.05) is 20.8 Å². The van der Waals surface area contributed by atoms with Gasteiger partial charge in [-0.15, -0.1) is 0 Å². The number of carbonyl (C=O) groups is 1. The minimum absolute atomic E-state index is 0.161. The quantitative estimate of drug-likeness (QED) is 0.655. The Labute approximate surface area is 169 Å². The number of halogens is 1. The number of aromatic nitrogens is 2. The summed E-state index contributed by atoms with van der Waals surface area (Å²) in [7, 11) is 3.20. The highest BCUT2D eigenvalue weighted by molar-refractivity contribution is 6.30. The lowest BCUT2D eigenvalue weighted by Gasteiger charge is -2.10. The van der Waals surface area contributed by atoms with Crippen LogP contribution in [0.25, 0.3) is 5.69 Å². The molecule has 0 unspecified atom stereocenters. The van der Waals surface area contributed by atoms with E-state index >= 15 is 0 Å². The molecule has 0 radical (unpaired) electrons. The van der Waals surface area contributed by atoms with Crippen LogP contribution >= 0.6 is 11.6 Å². The number of benzene rings is 2. The third-order valence-electron chi connectivity index (χ3n) is 4.45. The van der Waals surface area contributed by atoms with Crippen LogP contribution in [0.4, 0.5) is 0 Å². The van der Waals surface area contributed by atoms with Gasteiger partial charge < -0.3 is 14.8 Å². The molecule has 0 aliphatic heterocycles. The monoisotopic (exact) mass is 399 g/mol. The van der Waals surface area contributed by atoms with Gasteiger partial charge in [0, 0.05) is 11.6 Å². The Hall–Kier alpha value is -2.99. The minimum atomic E-state index is -0.161. The van der Waals surface area contributed by atoms with Crippen molar-refractivity contribution >= 4 is 17.5 Å². The van der Waals surface area contributed by atoms with E-state index in [4.69, 9.17) is 21.1 Å². The van der Waals surface area contributed by atoms with Crippen molar-refractivity contribution in [3.05, 3.63) is 70.5 Å². The standard InChI is InChI=1S/C21H22ClN3O3/c1-14-18(13-24-25(14)17-6-4-5-16(22)12-17)21(26)23-10-9-15-7-8-19(27-2)20(11-15)28-3/h4-8,11-13H,9-10H2,1-3H3,(H,23,26). The number of rotatable bonds is 7. The molecule has 0 spiro atoms. The molecule has 1 N–H and O–H groups in total. The van der Waals surface area contributed by atoms with Gasteiger partial charge in [-0.3, -0.25) is 4.79 Å². The van der Waals surface area contributed by atoms with Crippen LogP contribution in [0.3, 0.4) is 0 Å². The van der Waals surface area contributed by atoms with E-state index in [1.807, 2.05) is 37.3 Å². The van der Waals surface area contributed by atoms with E-state index in [1.165, 1.54) is 0 Å². The van der Waals surface area contributed by atoms with Crippen LogP contribution in [0.15, 0.2) is 48.7 Å². The summed E-state index contributed by atoms with van der Waals surface area (Å²) in [5.41, 5.74) is 3.15. The first kappa shape index (κ1) is 19.8. The van der Waals surface area contributed by atoms with Gasteiger partial charge in [0.1, 0.15) is 0 Å². The minimum Gasteiger partial charge on any atom is -0.493 e. The number of nitrogens with one attached hydrogen (secondary N) is 1. The van der Waals surface area contributed by atoms with Crippen LogP contribution in [-0.4, -0.2) is 36.5 Å². The molecule has 6 nitrogen and oxygen atoms in total. The highest BCUT2D eigenvalue weighted by atomic mass is 35.5. The molecule has 3 rings (SSSR count). The Morgan fingerprint density at radius 3 is 2.64 bits per heavy atom. The molecule has 2 aromatic carbocycles. The number of nitrogens with zero attached hydrogens (tertiary/aromatic N) is 2. The zero-order chi connectivity index (χ0) is 20.1. The molecule has 7 heteroatoms. The summed E-state index contributed by atoms with van der Waals surface area (Å²) in [4.78, 5) is 12.6. The summed E-state index contributed by atoms with van der Waals surface area (Å²) >= 11 is 6.05. The van der Waals surface area contributed by atoms with Crippen LogP contribution in [0, 0.1) is 6.92 Å². The van der Waals surface area contributed by atoms with Crippen molar-refractivity contribution < 1.29 is 14.3 Å². The van der Waals surface area contributed by atoms with Gasteiger partial charge in [0.25, 0.3) is 5.91 Å². The highest BCUT2D eigenvalue weighted by Crippen LogP contribution is 2.27. The topological polar surface area (TPSA) is 65.4 Å². The fourth-order valence-corrected chi connectivity index (χ4v) is 3.14. The lowest BCUT2D eigenvalue weighted by molar-refractivity contribution is 0.0953. The first-order valence-electron chi connectivity index (χ1n) is 8.83. The summed E-state index contributed by atoms with van der Waals surface area (Å²) in [6.45, 7) is 2.35. The maximum Gasteiger partial charge on any atom is 0.254 e.